The van der Waals surface area contributed by atoms with Crippen LogP contribution in [0, 0.1) is 23.7 Å². The Morgan fingerprint density at radius 1 is 0.864 bits per heavy atom. The van der Waals surface area contributed by atoms with Gasteiger partial charge in [-0.3, -0.25) is 28.8 Å². The maximum atomic E-state index is 14.2. The van der Waals surface area contributed by atoms with Crippen molar-refractivity contribution in [1.82, 2.24) is 25.1 Å². The van der Waals surface area contributed by atoms with Crippen molar-refractivity contribution in [3.63, 3.8) is 0 Å². The number of aromatic nitrogens is 2. The molecular formula is C45H68N6O8. The van der Waals surface area contributed by atoms with E-state index in [0.717, 1.165) is 44.9 Å². The highest BCUT2D eigenvalue weighted by Crippen LogP contribution is 2.23. The summed E-state index contributed by atoms with van der Waals surface area (Å²) in [6.45, 7) is 8.64. The first-order chi connectivity index (χ1) is 28.1. The molecule has 0 bridgehead atoms. The first kappa shape index (κ1) is 48.6. The van der Waals surface area contributed by atoms with Crippen molar-refractivity contribution in [3.05, 3.63) is 54.1 Å². The predicted octanol–water partition coefficient (Wildman–Crippen LogP) is 4.28. The van der Waals surface area contributed by atoms with Gasteiger partial charge in [0.15, 0.2) is 11.6 Å². The number of imidazole rings is 1. The SMILES string of the molecule is CC(=O)C[C@H](C)[C@H](CC(=O)[C@H](CO)NC(=O)[C@@H](CC(=O)[C@H](CC(C)C)NC(=O)[C@@H]1CCCN1C(C)=O)Cc1cncn1CCCCCCCCc1ccccc1)C(N)=O. The number of carbonyl (C=O) groups excluding carboxylic acids is 7. The Kier molecular flexibility index (Phi) is 20.6. The van der Waals surface area contributed by atoms with E-state index < -0.39 is 66.0 Å². The van der Waals surface area contributed by atoms with Gasteiger partial charge < -0.3 is 35.7 Å². The highest BCUT2D eigenvalue weighted by molar-refractivity contribution is 5.96. The zero-order valence-corrected chi connectivity index (χ0v) is 35.8. The van der Waals surface area contributed by atoms with E-state index in [9.17, 15) is 38.7 Å². The summed E-state index contributed by atoms with van der Waals surface area (Å²) >= 11 is 0. The van der Waals surface area contributed by atoms with Crippen LogP contribution in [0.2, 0.25) is 0 Å². The van der Waals surface area contributed by atoms with Crippen LogP contribution in [0.15, 0.2) is 42.9 Å². The number of hydrogen-bond acceptors (Lipinski definition) is 9. The fraction of sp³-hybridized carbons (Fsp3) is 0.644. The number of aliphatic hydroxyl groups is 1. The Morgan fingerprint density at radius 2 is 1.53 bits per heavy atom. The van der Waals surface area contributed by atoms with Crippen LogP contribution in [0.5, 0.6) is 0 Å². The summed E-state index contributed by atoms with van der Waals surface area (Å²) in [5, 5.41) is 15.8. The van der Waals surface area contributed by atoms with Crippen LogP contribution in [-0.2, 0) is 52.9 Å². The number of aliphatic hydroxyl groups excluding tert-OH is 1. The summed E-state index contributed by atoms with van der Waals surface area (Å²) in [5.41, 5.74) is 7.67. The molecule has 4 amide bonds. The van der Waals surface area contributed by atoms with Crippen molar-refractivity contribution in [2.24, 2.45) is 29.4 Å². The summed E-state index contributed by atoms with van der Waals surface area (Å²) in [7, 11) is 0. The van der Waals surface area contributed by atoms with Crippen LogP contribution < -0.4 is 16.4 Å². The second-order valence-electron chi connectivity index (χ2n) is 16.9. The smallest absolute Gasteiger partial charge is 0.243 e. The molecule has 1 aliphatic heterocycles. The third kappa shape index (κ3) is 16.5. The van der Waals surface area contributed by atoms with Crippen LogP contribution in [0.3, 0.4) is 0 Å². The molecule has 1 aromatic carbocycles. The third-order valence-electron chi connectivity index (χ3n) is 11.4. The lowest BCUT2D eigenvalue weighted by Crippen LogP contribution is -2.52. The molecule has 2 aromatic rings. The molecule has 1 aliphatic rings. The van der Waals surface area contributed by atoms with Gasteiger partial charge in [0.2, 0.25) is 23.6 Å². The first-order valence-corrected chi connectivity index (χ1v) is 21.5. The summed E-state index contributed by atoms with van der Waals surface area (Å²) in [5.74, 6) is -5.77. The number of rotatable bonds is 28. The molecule has 1 fully saturated rings. The number of carbonyl (C=O) groups is 7. The van der Waals surface area contributed by atoms with Crippen molar-refractivity contribution in [3.8, 4) is 0 Å². The van der Waals surface area contributed by atoms with E-state index in [-0.39, 0.29) is 49.1 Å². The normalized spacial score (nSPS) is 16.5. The Hall–Kier alpha value is -4.72. The van der Waals surface area contributed by atoms with E-state index in [1.54, 1.807) is 19.4 Å². The van der Waals surface area contributed by atoms with Crippen molar-refractivity contribution >= 4 is 41.0 Å². The number of primary amides is 1. The molecule has 0 radical (unpaired) electrons. The molecule has 326 valence electrons. The standard InChI is InChI=1S/C45H68N6O8/c1-30(2)22-38(48-45(59)40-19-15-21-51(40)33(5)54)41(55)25-35(44(58)49-39(28-52)42(56)26-37(43(46)57)31(3)23-32(4)53)24-36-27-47-29-50(36)20-14-9-7-6-8-11-16-34-17-12-10-13-18-34/h10,12-13,17-18,27,29-31,35,37-40,52H,6-9,11,14-16,19-26,28H2,1-5H3,(H2,46,57)(H,48,59)(H,49,58)/t31-,35+,37-,38-,39-,40-/m0/s1. The lowest BCUT2D eigenvalue weighted by molar-refractivity contribution is -0.138. The van der Waals surface area contributed by atoms with Crippen molar-refractivity contribution in [2.75, 3.05) is 13.2 Å². The lowest BCUT2D eigenvalue weighted by atomic mass is 9.84. The number of aryl methyl sites for hydroxylation is 2. The molecule has 1 aromatic heterocycles. The second-order valence-corrected chi connectivity index (χ2v) is 16.9. The number of nitrogens with zero attached hydrogens (tertiary/aromatic N) is 3. The van der Waals surface area contributed by atoms with Gasteiger partial charge in [-0.2, -0.15) is 0 Å². The number of likely N-dealkylation sites (tertiary alicyclic amines) is 1. The minimum Gasteiger partial charge on any atom is -0.394 e. The molecule has 3 rings (SSSR count). The highest BCUT2D eigenvalue weighted by Gasteiger charge is 2.37. The third-order valence-corrected chi connectivity index (χ3v) is 11.4. The van der Waals surface area contributed by atoms with Crippen molar-refractivity contribution < 1.29 is 38.7 Å². The van der Waals surface area contributed by atoms with Crippen LogP contribution in [0.25, 0.3) is 0 Å². The molecule has 2 heterocycles. The van der Waals surface area contributed by atoms with Gasteiger partial charge in [0.05, 0.1) is 24.9 Å². The topological polar surface area (TPSA) is 211 Å². The molecule has 6 atom stereocenters. The number of Topliss-reactive ketones (excluding diaryl/α,β-unsaturated/α-hetero) is 3. The van der Waals surface area contributed by atoms with Crippen molar-refractivity contribution in [2.45, 2.75) is 149 Å². The average molecular weight is 821 g/mol. The van der Waals surface area contributed by atoms with Gasteiger partial charge in [0, 0.05) is 63.5 Å². The largest absolute Gasteiger partial charge is 0.394 e. The molecule has 14 nitrogen and oxygen atoms in total. The minimum absolute atomic E-state index is 0.00861. The summed E-state index contributed by atoms with van der Waals surface area (Å²) < 4.78 is 1.96. The first-order valence-electron chi connectivity index (χ1n) is 21.5. The van der Waals surface area contributed by atoms with Crippen molar-refractivity contribution in [1.29, 1.82) is 0 Å². The number of ketones is 3. The molecule has 0 aliphatic carbocycles. The highest BCUT2D eigenvalue weighted by atomic mass is 16.3. The second kappa shape index (κ2) is 25.0. The van der Waals surface area contributed by atoms with E-state index >= 15 is 0 Å². The van der Waals surface area contributed by atoms with Crippen LogP contribution in [-0.4, -0.2) is 91.8 Å². The quantitative estimate of drug-likeness (QED) is 0.0902. The zero-order chi connectivity index (χ0) is 43.5. The monoisotopic (exact) mass is 821 g/mol. The van der Waals surface area contributed by atoms with Gasteiger partial charge in [-0.1, -0.05) is 76.8 Å². The number of nitrogens with two attached hydrogens (primary N) is 1. The number of hydrogen-bond donors (Lipinski definition) is 4. The fourth-order valence-corrected chi connectivity index (χ4v) is 8.06. The summed E-state index contributed by atoms with van der Waals surface area (Å²) in [6.07, 6.45) is 11.8. The molecule has 0 spiro atoms. The summed E-state index contributed by atoms with van der Waals surface area (Å²) in [6, 6.07) is 7.46. The number of amides is 4. The Morgan fingerprint density at radius 3 is 2.15 bits per heavy atom. The maximum Gasteiger partial charge on any atom is 0.243 e. The lowest BCUT2D eigenvalue weighted by Gasteiger charge is -2.27. The maximum absolute atomic E-state index is 14.2. The molecule has 0 unspecified atom stereocenters. The molecule has 59 heavy (non-hydrogen) atoms. The van der Waals surface area contributed by atoms with E-state index in [4.69, 9.17) is 5.73 Å². The van der Waals surface area contributed by atoms with Crippen LogP contribution in [0.1, 0.15) is 123 Å². The average Bonchev–Trinajstić information content (AvgIpc) is 3.86. The Balaban J connectivity index is 1.75. The zero-order valence-electron chi connectivity index (χ0n) is 35.8. The van der Waals surface area contributed by atoms with E-state index in [2.05, 4.69) is 39.9 Å². The van der Waals surface area contributed by atoms with Crippen LogP contribution >= 0.6 is 0 Å². The van der Waals surface area contributed by atoms with E-state index in [0.29, 0.717) is 38.0 Å². The van der Waals surface area contributed by atoms with E-state index in [1.807, 2.05) is 24.5 Å². The van der Waals surface area contributed by atoms with Gasteiger partial charge >= 0.3 is 0 Å². The number of benzene rings is 1. The number of nitrogens with one attached hydrogen (secondary N) is 2. The molecular weight excluding hydrogens is 753 g/mol. The minimum atomic E-state index is -1.39. The molecule has 1 saturated heterocycles. The predicted molar refractivity (Wildman–Crippen MR) is 224 cm³/mol. The van der Waals surface area contributed by atoms with Gasteiger partial charge in [-0.15, -0.1) is 0 Å². The van der Waals surface area contributed by atoms with Gasteiger partial charge in [-0.05, 0) is 62.8 Å². The number of unbranched alkanes of at least 4 members (excludes halogenated alkanes) is 5. The Bertz CT molecular complexity index is 1690. The summed E-state index contributed by atoms with van der Waals surface area (Å²) in [4.78, 5) is 97.3. The van der Waals surface area contributed by atoms with Gasteiger partial charge in [0.1, 0.15) is 17.9 Å². The van der Waals surface area contributed by atoms with Crippen LogP contribution in [0.4, 0.5) is 0 Å². The molecule has 14 heteroatoms. The van der Waals surface area contributed by atoms with Gasteiger partial charge in [-0.25, -0.2) is 4.98 Å². The van der Waals surface area contributed by atoms with E-state index in [1.165, 1.54) is 24.3 Å². The fourth-order valence-electron chi connectivity index (χ4n) is 8.06. The van der Waals surface area contributed by atoms with Gasteiger partial charge in [0.25, 0.3) is 0 Å². The Labute approximate surface area is 349 Å². The molecule has 5 N–H and O–H groups in total. The molecule has 0 saturated carbocycles.